The summed E-state index contributed by atoms with van der Waals surface area (Å²) in [6, 6.07) is -1.46. The summed E-state index contributed by atoms with van der Waals surface area (Å²) >= 11 is 0. The number of amides is 1. The molecule has 20 heavy (non-hydrogen) atoms. The minimum Gasteiger partial charge on any atom is -0.444 e. The molecule has 0 radical (unpaired) electrons. The zero-order valence-electron chi connectivity index (χ0n) is 12.0. The van der Waals surface area contributed by atoms with Crippen molar-refractivity contribution < 1.29 is 22.7 Å². The van der Waals surface area contributed by atoms with E-state index in [9.17, 15) is 18.0 Å². The average molecular weight is 294 g/mol. The molecule has 0 bridgehead atoms. The Bertz CT molecular complexity index is 384. The number of piperidine rings is 1. The van der Waals surface area contributed by atoms with Crippen LogP contribution in [0.1, 0.15) is 33.6 Å². The second-order valence-electron chi connectivity index (χ2n) is 6.84. The van der Waals surface area contributed by atoms with E-state index >= 15 is 0 Å². The van der Waals surface area contributed by atoms with Crippen LogP contribution in [-0.4, -0.2) is 48.4 Å². The fourth-order valence-electron chi connectivity index (χ4n) is 2.86. The molecular weight excluding hydrogens is 273 g/mol. The van der Waals surface area contributed by atoms with Crippen molar-refractivity contribution in [3.63, 3.8) is 0 Å². The highest BCUT2D eigenvalue weighted by atomic mass is 19.4. The Morgan fingerprint density at radius 1 is 1.30 bits per heavy atom. The average Bonchev–Trinajstić information content (AvgIpc) is 2.22. The monoisotopic (exact) mass is 294 g/mol. The summed E-state index contributed by atoms with van der Waals surface area (Å²) in [5.41, 5.74) is -0.981. The van der Waals surface area contributed by atoms with Crippen LogP contribution < -0.4 is 5.32 Å². The molecule has 0 aliphatic carbocycles. The van der Waals surface area contributed by atoms with E-state index in [1.807, 2.05) is 0 Å². The molecule has 2 fully saturated rings. The summed E-state index contributed by atoms with van der Waals surface area (Å²) in [5.74, 6) is 0. The maximum Gasteiger partial charge on any atom is 0.410 e. The Labute approximate surface area is 116 Å². The van der Waals surface area contributed by atoms with Crippen LogP contribution in [-0.2, 0) is 4.74 Å². The minimum atomic E-state index is -4.22. The molecule has 1 N–H and O–H groups in total. The Balaban J connectivity index is 1.89. The van der Waals surface area contributed by atoms with Crippen molar-refractivity contribution in [2.75, 3.05) is 19.6 Å². The fourth-order valence-corrected chi connectivity index (χ4v) is 2.86. The standard InChI is InChI=1S/C13H21F3N2O2/c1-11(2,3)20-10(19)18-7-12(8-18)4-5-17-9(6-12)13(14,15)16/h9,17H,4-8H2,1-3H3/t9-/m1/s1. The van der Waals surface area contributed by atoms with Gasteiger partial charge >= 0.3 is 12.3 Å². The lowest BCUT2D eigenvalue weighted by Gasteiger charge is -2.53. The second kappa shape index (κ2) is 4.79. The third-order valence-electron chi connectivity index (χ3n) is 3.78. The molecule has 2 rings (SSSR count). The molecule has 1 spiro atoms. The van der Waals surface area contributed by atoms with E-state index in [-0.39, 0.29) is 6.42 Å². The van der Waals surface area contributed by atoms with Crippen LogP contribution >= 0.6 is 0 Å². The van der Waals surface area contributed by atoms with Gasteiger partial charge in [0.05, 0.1) is 0 Å². The number of hydrogen-bond acceptors (Lipinski definition) is 3. The lowest BCUT2D eigenvalue weighted by Crippen LogP contribution is -2.65. The van der Waals surface area contributed by atoms with Gasteiger partial charge in [0.25, 0.3) is 0 Å². The van der Waals surface area contributed by atoms with Gasteiger partial charge in [-0.15, -0.1) is 0 Å². The molecule has 0 aromatic heterocycles. The van der Waals surface area contributed by atoms with Gasteiger partial charge < -0.3 is 15.0 Å². The van der Waals surface area contributed by atoms with Gasteiger partial charge in [-0.05, 0) is 40.2 Å². The molecule has 2 aliphatic rings. The summed E-state index contributed by atoms with van der Waals surface area (Å²) in [6.07, 6.45) is -3.96. The molecule has 1 atom stereocenters. The number of likely N-dealkylation sites (tertiary alicyclic amines) is 1. The van der Waals surface area contributed by atoms with Gasteiger partial charge in [-0.25, -0.2) is 4.79 Å². The van der Waals surface area contributed by atoms with Crippen LogP contribution in [0.15, 0.2) is 0 Å². The second-order valence-corrected chi connectivity index (χ2v) is 6.84. The number of hydrogen-bond donors (Lipinski definition) is 1. The Hall–Kier alpha value is -0.980. The third-order valence-corrected chi connectivity index (χ3v) is 3.78. The number of nitrogens with one attached hydrogen (secondary N) is 1. The molecule has 0 unspecified atom stereocenters. The van der Waals surface area contributed by atoms with Gasteiger partial charge in [0.1, 0.15) is 11.6 Å². The first kappa shape index (κ1) is 15.4. The molecule has 2 aliphatic heterocycles. The summed E-state index contributed by atoms with van der Waals surface area (Å²) in [4.78, 5) is 13.3. The van der Waals surface area contributed by atoms with Gasteiger partial charge in [-0.1, -0.05) is 0 Å². The molecule has 7 heteroatoms. The molecule has 0 aromatic carbocycles. The number of rotatable bonds is 0. The maximum absolute atomic E-state index is 12.8. The lowest BCUT2D eigenvalue weighted by molar-refractivity contribution is -0.178. The SMILES string of the molecule is CC(C)(C)OC(=O)N1CC2(CCN[C@@H](C(F)(F)F)C2)C1. The van der Waals surface area contributed by atoms with E-state index in [1.165, 1.54) is 4.90 Å². The van der Waals surface area contributed by atoms with Gasteiger partial charge in [-0.2, -0.15) is 13.2 Å². The highest BCUT2D eigenvalue weighted by Gasteiger charge is 2.53. The quantitative estimate of drug-likeness (QED) is 0.746. The van der Waals surface area contributed by atoms with Crippen molar-refractivity contribution in [1.82, 2.24) is 10.2 Å². The van der Waals surface area contributed by atoms with Crippen molar-refractivity contribution in [3.05, 3.63) is 0 Å². The first-order valence-corrected chi connectivity index (χ1v) is 6.79. The summed E-state index contributed by atoms with van der Waals surface area (Å²) < 4.78 is 43.5. The van der Waals surface area contributed by atoms with Crippen molar-refractivity contribution >= 4 is 6.09 Å². The zero-order valence-corrected chi connectivity index (χ0v) is 12.0. The van der Waals surface area contributed by atoms with Crippen LogP contribution in [0.3, 0.4) is 0 Å². The van der Waals surface area contributed by atoms with E-state index in [0.29, 0.717) is 26.1 Å². The number of ether oxygens (including phenoxy) is 1. The van der Waals surface area contributed by atoms with Crippen molar-refractivity contribution in [2.24, 2.45) is 5.41 Å². The molecule has 4 nitrogen and oxygen atoms in total. The Morgan fingerprint density at radius 3 is 2.40 bits per heavy atom. The minimum absolute atomic E-state index is 0.0375. The van der Waals surface area contributed by atoms with Crippen molar-refractivity contribution in [2.45, 2.75) is 51.4 Å². The van der Waals surface area contributed by atoms with E-state index in [0.717, 1.165) is 0 Å². The molecule has 116 valence electrons. The van der Waals surface area contributed by atoms with Crippen LogP contribution in [0, 0.1) is 5.41 Å². The summed E-state index contributed by atoms with van der Waals surface area (Å²) in [6.45, 7) is 6.36. The fraction of sp³-hybridized carbons (Fsp3) is 0.923. The topological polar surface area (TPSA) is 41.6 Å². The lowest BCUT2D eigenvalue weighted by atomic mass is 9.70. The van der Waals surface area contributed by atoms with Gasteiger partial charge in [0, 0.05) is 18.5 Å². The van der Waals surface area contributed by atoms with Gasteiger partial charge in [-0.3, -0.25) is 0 Å². The predicted octanol–water partition coefficient (Wildman–Crippen LogP) is 2.54. The summed E-state index contributed by atoms with van der Waals surface area (Å²) in [5, 5.41) is 2.51. The molecule has 2 heterocycles. The van der Waals surface area contributed by atoms with Crippen molar-refractivity contribution in [1.29, 1.82) is 0 Å². The Morgan fingerprint density at radius 2 is 1.90 bits per heavy atom. The van der Waals surface area contributed by atoms with Crippen LogP contribution in [0.4, 0.5) is 18.0 Å². The smallest absolute Gasteiger partial charge is 0.410 e. The first-order valence-electron chi connectivity index (χ1n) is 6.79. The maximum atomic E-state index is 12.8. The van der Waals surface area contributed by atoms with Gasteiger partial charge in [0.2, 0.25) is 0 Å². The predicted molar refractivity (Wildman–Crippen MR) is 67.3 cm³/mol. The largest absolute Gasteiger partial charge is 0.444 e. The first-order chi connectivity index (χ1) is 9.01. The number of nitrogens with zero attached hydrogens (tertiary/aromatic N) is 1. The van der Waals surface area contributed by atoms with Crippen LogP contribution in [0.25, 0.3) is 0 Å². The highest BCUT2D eigenvalue weighted by Crippen LogP contribution is 2.43. The van der Waals surface area contributed by atoms with Crippen LogP contribution in [0.5, 0.6) is 0 Å². The van der Waals surface area contributed by atoms with E-state index in [1.54, 1.807) is 20.8 Å². The van der Waals surface area contributed by atoms with Gasteiger partial charge in [0.15, 0.2) is 0 Å². The number of alkyl halides is 3. The number of halogens is 3. The highest BCUT2D eigenvalue weighted by molar-refractivity contribution is 5.69. The van der Waals surface area contributed by atoms with E-state index in [4.69, 9.17) is 4.74 Å². The Kier molecular flexibility index (Phi) is 3.69. The van der Waals surface area contributed by atoms with Crippen LogP contribution in [0.2, 0.25) is 0 Å². The molecule has 1 amide bonds. The number of carbonyl (C=O) groups is 1. The summed E-state index contributed by atoms with van der Waals surface area (Å²) in [7, 11) is 0. The zero-order chi connectivity index (χ0) is 15.2. The van der Waals surface area contributed by atoms with E-state index in [2.05, 4.69) is 5.32 Å². The van der Waals surface area contributed by atoms with Crippen molar-refractivity contribution in [3.8, 4) is 0 Å². The van der Waals surface area contributed by atoms with E-state index < -0.39 is 29.3 Å². The normalized spacial score (nSPS) is 26.3. The number of carbonyl (C=O) groups excluding carboxylic acids is 1. The molecule has 2 saturated heterocycles. The molecule has 0 aromatic rings. The molecule has 0 saturated carbocycles. The molecular formula is C13H21F3N2O2. The third kappa shape index (κ3) is 3.37.